The van der Waals surface area contributed by atoms with Crippen LogP contribution in [0.5, 0.6) is 0 Å². The van der Waals surface area contributed by atoms with E-state index >= 15 is 0 Å². The van der Waals surface area contributed by atoms with E-state index in [4.69, 9.17) is 0 Å². The van der Waals surface area contributed by atoms with Crippen LogP contribution in [0, 0.1) is 11.3 Å². The lowest BCUT2D eigenvalue weighted by Crippen LogP contribution is -1.94. The Balaban J connectivity index is 1.76. The molecule has 0 N–H and O–H groups in total. The average molecular weight is 371 g/mol. The van der Waals surface area contributed by atoms with Crippen molar-refractivity contribution in [1.82, 2.24) is 9.13 Å². The molecule has 0 amide bonds. The molecular formula is C26H17N3. The molecule has 0 aliphatic carbocycles. The zero-order valence-electron chi connectivity index (χ0n) is 15.9. The van der Waals surface area contributed by atoms with Crippen molar-refractivity contribution >= 4 is 43.6 Å². The summed E-state index contributed by atoms with van der Waals surface area (Å²) in [5, 5.41) is 14.3. The Bertz CT molecular complexity index is 1620. The van der Waals surface area contributed by atoms with Crippen LogP contribution in [0.15, 0.2) is 84.9 Å². The van der Waals surface area contributed by atoms with Crippen LogP contribution >= 0.6 is 0 Å². The molecule has 0 atom stereocenters. The number of rotatable bonds is 1. The summed E-state index contributed by atoms with van der Waals surface area (Å²) in [5.74, 6) is 0. The van der Waals surface area contributed by atoms with Gasteiger partial charge in [0.15, 0.2) is 0 Å². The molecule has 0 fully saturated rings. The second kappa shape index (κ2) is 5.73. The summed E-state index contributed by atoms with van der Waals surface area (Å²) in [5.41, 5.74) is 6.44. The molecule has 136 valence electrons. The van der Waals surface area contributed by atoms with Gasteiger partial charge in [-0.3, -0.25) is 0 Å². The van der Waals surface area contributed by atoms with Crippen LogP contribution in [0.4, 0.5) is 0 Å². The zero-order valence-corrected chi connectivity index (χ0v) is 15.9. The highest BCUT2D eigenvalue weighted by molar-refractivity contribution is 6.11. The van der Waals surface area contributed by atoms with E-state index in [-0.39, 0.29) is 0 Å². The third-order valence-electron chi connectivity index (χ3n) is 5.96. The number of fused-ring (bicyclic) bond motifs is 6. The fraction of sp³-hybridized carbons (Fsp3) is 0.0385. The number of nitrogens with zero attached hydrogens (tertiary/aromatic N) is 3. The van der Waals surface area contributed by atoms with Crippen molar-refractivity contribution in [3.05, 3.63) is 90.5 Å². The van der Waals surface area contributed by atoms with Crippen LogP contribution < -0.4 is 0 Å². The van der Waals surface area contributed by atoms with Crippen molar-refractivity contribution in [1.29, 1.82) is 5.26 Å². The van der Waals surface area contributed by atoms with Crippen LogP contribution in [0.1, 0.15) is 5.56 Å². The summed E-state index contributed by atoms with van der Waals surface area (Å²) in [4.78, 5) is 0. The Labute approximate surface area is 167 Å². The molecule has 6 aromatic rings. The maximum Gasteiger partial charge on any atom is 0.0992 e. The molecule has 0 spiro atoms. The van der Waals surface area contributed by atoms with Crippen LogP contribution in [0.2, 0.25) is 0 Å². The molecule has 0 saturated heterocycles. The molecule has 0 aliphatic heterocycles. The van der Waals surface area contributed by atoms with Crippen LogP contribution in [0.25, 0.3) is 49.3 Å². The van der Waals surface area contributed by atoms with E-state index in [2.05, 4.69) is 95.0 Å². The topological polar surface area (TPSA) is 33.6 Å². The zero-order chi connectivity index (χ0) is 19.5. The van der Waals surface area contributed by atoms with Gasteiger partial charge in [0.25, 0.3) is 0 Å². The molecule has 2 heterocycles. The first-order valence-corrected chi connectivity index (χ1v) is 9.67. The van der Waals surface area contributed by atoms with Crippen molar-refractivity contribution in [3.8, 4) is 11.8 Å². The lowest BCUT2D eigenvalue weighted by atomic mass is 10.1. The van der Waals surface area contributed by atoms with Crippen molar-refractivity contribution in [3.63, 3.8) is 0 Å². The lowest BCUT2D eigenvalue weighted by molar-refractivity contribution is 1.01. The number of para-hydroxylation sites is 2. The maximum atomic E-state index is 9.43. The molecule has 3 heteroatoms. The van der Waals surface area contributed by atoms with Crippen LogP contribution in [0.3, 0.4) is 0 Å². The third kappa shape index (κ3) is 2.11. The van der Waals surface area contributed by atoms with Gasteiger partial charge in [0, 0.05) is 45.3 Å². The smallest absolute Gasteiger partial charge is 0.0992 e. The molecule has 0 bridgehead atoms. The summed E-state index contributed by atoms with van der Waals surface area (Å²) in [6.45, 7) is 0. The van der Waals surface area contributed by atoms with E-state index in [9.17, 15) is 5.26 Å². The summed E-state index contributed by atoms with van der Waals surface area (Å²) < 4.78 is 4.51. The Morgan fingerprint density at radius 1 is 0.621 bits per heavy atom. The number of aryl methyl sites for hydroxylation is 1. The quantitative estimate of drug-likeness (QED) is 0.334. The fourth-order valence-electron chi connectivity index (χ4n) is 4.61. The first-order valence-electron chi connectivity index (χ1n) is 9.67. The standard InChI is InChI=1S/C26H17N3/c1-28-23-8-4-2-7-20(23)22-15-18(11-13-24(22)28)29-25-9-5-3-6-19(25)21-12-10-17(16-27)14-26(21)29/h2-15H,1H3. The molecule has 29 heavy (non-hydrogen) atoms. The lowest BCUT2D eigenvalue weighted by Gasteiger charge is -2.09. The van der Waals surface area contributed by atoms with Crippen molar-refractivity contribution in [2.24, 2.45) is 7.05 Å². The largest absolute Gasteiger partial charge is 0.344 e. The third-order valence-corrected chi connectivity index (χ3v) is 5.96. The molecule has 4 aromatic carbocycles. The van der Waals surface area contributed by atoms with Gasteiger partial charge < -0.3 is 9.13 Å². The van der Waals surface area contributed by atoms with Crippen molar-refractivity contribution in [2.45, 2.75) is 0 Å². The fourth-order valence-corrected chi connectivity index (χ4v) is 4.61. The number of nitriles is 1. The number of benzene rings is 4. The normalized spacial score (nSPS) is 11.6. The minimum Gasteiger partial charge on any atom is -0.344 e. The molecule has 6 rings (SSSR count). The van der Waals surface area contributed by atoms with Gasteiger partial charge in [-0.25, -0.2) is 0 Å². The predicted molar refractivity (Wildman–Crippen MR) is 119 cm³/mol. The van der Waals surface area contributed by atoms with Crippen molar-refractivity contribution in [2.75, 3.05) is 0 Å². The SMILES string of the molecule is Cn1c2ccccc2c2cc(-n3c4ccccc4c4ccc(C#N)cc43)ccc21. The second-order valence-electron chi connectivity index (χ2n) is 7.47. The Morgan fingerprint density at radius 2 is 1.28 bits per heavy atom. The summed E-state index contributed by atoms with van der Waals surface area (Å²) in [6.07, 6.45) is 0. The Morgan fingerprint density at radius 3 is 2.07 bits per heavy atom. The molecule has 0 unspecified atom stereocenters. The van der Waals surface area contributed by atoms with Gasteiger partial charge in [-0.1, -0.05) is 42.5 Å². The van der Waals surface area contributed by atoms with Gasteiger partial charge >= 0.3 is 0 Å². The predicted octanol–water partition coefficient (Wildman–Crippen LogP) is 6.30. The minimum atomic E-state index is 0.674. The van der Waals surface area contributed by atoms with Gasteiger partial charge in [0.05, 0.1) is 22.7 Å². The van der Waals surface area contributed by atoms with E-state index in [1.807, 2.05) is 12.1 Å². The highest BCUT2D eigenvalue weighted by Crippen LogP contribution is 2.35. The number of aromatic nitrogens is 2. The molecule has 0 aliphatic rings. The van der Waals surface area contributed by atoms with Gasteiger partial charge in [-0.05, 0) is 42.5 Å². The Kier molecular flexibility index (Phi) is 3.16. The molecular weight excluding hydrogens is 354 g/mol. The highest BCUT2D eigenvalue weighted by atomic mass is 15.0. The highest BCUT2D eigenvalue weighted by Gasteiger charge is 2.14. The average Bonchev–Trinajstić information content (AvgIpc) is 3.26. The number of hydrogen-bond acceptors (Lipinski definition) is 1. The van der Waals surface area contributed by atoms with Gasteiger partial charge in [-0.2, -0.15) is 5.26 Å². The van der Waals surface area contributed by atoms with E-state index in [0.29, 0.717) is 5.56 Å². The second-order valence-corrected chi connectivity index (χ2v) is 7.47. The summed E-state index contributed by atoms with van der Waals surface area (Å²) in [6, 6.07) is 31.8. The number of hydrogen-bond donors (Lipinski definition) is 0. The Hall–Kier alpha value is -4.03. The molecule has 0 radical (unpaired) electrons. The molecule has 0 saturated carbocycles. The maximum absolute atomic E-state index is 9.43. The van der Waals surface area contributed by atoms with E-state index in [1.165, 1.54) is 27.2 Å². The van der Waals surface area contributed by atoms with E-state index < -0.39 is 0 Å². The van der Waals surface area contributed by atoms with Crippen LogP contribution in [-0.2, 0) is 7.05 Å². The van der Waals surface area contributed by atoms with Gasteiger partial charge in [0.1, 0.15) is 0 Å². The van der Waals surface area contributed by atoms with Crippen molar-refractivity contribution < 1.29 is 0 Å². The molecule has 2 aromatic heterocycles. The van der Waals surface area contributed by atoms with Gasteiger partial charge in [0.2, 0.25) is 0 Å². The first-order chi connectivity index (χ1) is 14.3. The first kappa shape index (κ1) is 16.0. The molecule has 3 nitrogen and oxygen atoms in total. The van der Waals surface area contributed by atoms with E-state index in [1.54, 1.807) is 0 Å². The summed E-state index contributed by atoms with van der Waals surface area (Å²) in [7, 11) is 2.12. The van der Waals surface area contributed by atoms with Crippen LogP contribution in [-0.4, -0.2) is 9.13 Å². The summed E-state index contributed by atoms with van der Waals surface area (Å²) >= 11 is 0. The van der Waals surface area contributed by atoms with Gasteiger partial charge in [-0.15, -0.1) is 0 Å². The monoisotopic (exact) mass is 371 g/mol. The minimum absolute atomic E-state index is 0.674. The van der Waals surface area contributed by atoms with E-state index in [0.717, 1.165) is 22.1 Å².